The van der Waals surface area contributed by atoms with Crippen molar-refractivity contribution in [3.8, 4) is 6.07 Å². The third-order valence-corrected chi connectivity index (χ3v) is 5.58. The highest BCUT2D eigenvalue weighted by molar-refractivity contribution is 6.06. The van der Waals surface area contributed by atoms with Gasteiger partial charge in [-0.3, -0.25) is 19.5 Å². The Kier molecular flexibility index (Phi) is 5.22. The van der Waals surface area contributed by atoms with Crippen LogP contribution >= 0.6 is 0 Å². The van der Waals surface area contributed by atoms with Crippen molar-refractivity contribution in [1.82, 2.24) is 20.1 Å². The van der Waals surface area contributed by atoms with Crippen molar-refractivity contribution in [3.05, 3.63) is 42.1 Å². The highest BCUT2D eigenvalue weighted by atomic mass is 16.2. The number of para-hydroxylation sites is 1. The summed E-state index contributed by atoms with van der Waals surface area (Å²) in [4.78, 5) is 33.3. The molecule has 7 nitrogen and oxygen atoms in total. The summed E-state index contributed by atoms with van der Waals surface area (Å²) in [5, 5.41) is 13.1. The maximum atomic E-state index is 12.8. The van der Waals surface area contributed by atoms with E-state index in [9.17, 15) is 9.59 Å². The zero-order chi connectivity index (χ0) is 19.5. The highest BCUT2D eigenvalue weighted by Gasteiger charge is 2.32. The fourth-order valence-electron chi connectivity index (χ4n) is 4.13. The third-order valence-electron chi connectivity index (χ3n) is 5.58. The molecule has 0 saturated carbocycles. The Morgan fingerprint density at radius 3 is 2.93 bits per heavy atom. The average molecular weight is 377 g/mol. The summed E-state index contributed by atoms with van der Waals surface area (Å²) < 4.78 is 0. The molecule has 2 unspecified atom stereocenters. The Hall–Kier alpha value is -2.98. The fourth-order valence-corrected chi connectivity index (χ4v) is 4.13. The number of aromatic nitrogens is 1. The quantitative estimate of drug-likeness (QED) is 0.873. The summed E-state index contributed by atoms with van der Waals surface area (Å²) in [5.74, 6) is -0.1000. The van der Waals surface area contributed by atoms with Crippen LogP contribution < -0.4 is 5.32 Å². The van der Waals surface area contributed by atoms with Crippen LogP contribution in [0.3, 0.4) is 0 Å². The molecule has 2 amide bonds. The zero-order valence-corrected chi connectivity index (χ0v) is 15.7. The molecule has 0 bridgehead atoms. The molecule has 2 aromatic rings. The normalized spacial score (nSPS) is 22.3. The van der Waals surface area contributed by atoms with Crippen LogP contribution in [0.15, 0.2) is 36.5 Å². The molecule has 2 atom stereocenters. The lowest BCUT2D eigenvalue weighted by Crippen LogP contribution is -2.43. The van der Waals surface area contributed by atoms with Crippen molar-refractivity contribution in [1.29, 1.82) is 5.26 Å². The van der Waals surface area contributed by atoms with E-state index >= 15 is 0 Å². The van der Waals surface area contributed by atoms with Gasteiger partial charge in [0.05, 0.1) is 23.7 Å². The van der Waals surface area contributed by atoms with E-state index in [0.29, 0.717) is 25.2 Å². The first-order chi connectivity index (χ1) is 13.7. The molecule has 2 saturated heterocycles. The minimum Gasteiger partial charge on any atom is -0.348 e. The number of benzene rings is 1. The van der Waals surface area contributed by atoms with Gasteiger partial charge in [0.2, 0.25) is 5.91 Å². The van der Waals surface area contributed by atoms with Crippen molar-refractivity contribution >= 4 is 22.7 Å². The number of amides is 2. The predicted molar refractivity (Wildman–Crippen MR) is 104 cm³/mol. The smallest absolute Gasteiger partial charge is 0.252 e. The summed E-state index contributed by atoms with van der Waals surface area (Å²) in [7, 11) is 0. The molecule has 1 N–H and O–H groups in total. The maximum Gasteiger partial charge on any atom is 0.252 e. The summed E-state index contributed by atoms with van der Waals surface area (Å²) in [6.07, 6.45) is 4.12. The number of fused-ring (bicyclic) bond motifs is 1. The van der Waals surface area contributed by atoms with E-state index in [1.165, 1.54) is 0 Å². The summed E-state index contributed by atoms with van der Waals surface area (Å²) in [6, 6.07) is 11.3. The molecule has 2 aliphatic rings. The fraction of sp³-hybridized carbons (Fsp3) is 0.429. The number of nitriles is 1. The van der Waals surface area contributed by atoms with Crippen LogP contribution in [0.4, 0.5) is 0 Å². The number of hydrogen-bond donors (Lipinski definition) is 1. The van der Waals surface area contributed by atoms with Crippen molar-refractivity contribution in [2.75, 3.05) is 26.2 Å². The van der Waals surface area contributed by atoms with Crippen molar-refractivity contribution < 1.29 is 9.59 Å². The van der Waals surface area contributed by atoms with Gasteiger partial charge in [0.25, 0.3) is 5.91 Å². The van der Waals surface area contributed by atoms with Gasteiger partial charge in [0.1, 0.15) is 6.04 Å². The summed E-state index contributed by atoms with van der Waals surface area (Å²) in [5.41, 5.74) is 1.42. The number of carbonyl (C=O) groups is 2. The van der Waals surface area contributed by atoms with Gasteiger partial charge in [-0.1, -0.05) is 18.2 Å². The number of nitrogens with zero attached hydrogens (tertiary/aromatic N) is 4. The van der Waals surface area contributed by atoms with Gasteiger partial charge in [-0.2, -0.15) is 5.26 Å². The highest BCUT2D eigenvalue weighted by Crippen LogP contribution is 2.19. The Bertz CT molecular complexity index is 933. The van der Waals surface area contributed by atoms with Gasteiger partial charge in [0, 0.05) is 37.3 Å². The first-order valence-electron chi connectivity index (χ1n) is 9.72. The minimum atomic E-state index is -0.287. The number of hydrogen-bond acceptors (Lipinski definition) is 5. The Balaban J connectivity index is 1.35. The molecule has 0 aliphatic carbocycles. The van der Waals surface area contributed by atoms with Gasteiger partial charge in [0.15, 0.2) is 0 Å². The van der Waals surface area contributed by atoms with Crippen LogP contribution in [-0.4, -0.2) is 64.9 Å². The largest absolute Gasteiger partial charge is 0.348 e. The third kappa shape index (κ3) is 3.69. The van der Waals surface area contributed by atoms with E-state index in [2.05, 4.69) is 21.3 Å². The van der Waals surface area contributed by atoms with E-state index in [1.54, 1.807) is 17.2 Å². The summed E-state index contributed by atoms with van der Waals surface area (Å²) >= 11 is 0. The van der Waals surface area contributed by atoms with E-state index in [4.69, 9.17) is 5.26 Å². The van der Waals surface area contributed by atoms with E-state index < -0.39 is 0 Å². The van der Waals surface area contributed by atoms with E-state index in [1.807, 2.05) is 24.3 Å². The molecule has 3 heterocycles. The van der Waals surface area contributed by atoms with Crippen molar-refractivity contribution in [2.24, 2.45) is 0 Å². The Morgan fingerprint density at radius 1 is 1.21 bits per heavy atom. The van der Waals surface area contributed by atoms with E-state index in [0.717, 1.165) is 36.7 Å². The second kappa shape index (κ2) is 7.95. The van der Waals surface area contributed by atoms with Crippen LogP contribution in [0.2, 0.25) is 0 Å². The SMILES string of the molecule is N#CC1CCCN1C(=O)CN1CCC(NC(=O)c2ccnc3ccccc23)C1. The van der Waals surface area contributed by atoms with Crippen LogP contribution in [0.1, 0.15) is 29.6 Å². The molecule has 1 aromatic carbocycles. The molecule has 1 aromatic heterocycles. The van der Waals surface area contributed by atoms with Crippen LogP contribution in [-0.2, 0) is 4.79 Å². The molecule has 2 fully saturated rings. The monoisotopic (exact) mass is 377 g/mol. The van der Waals surface area contributed by atoms with Gasteiger partial charge in [-0.15, -0.1) is 0 Å². The van der Waals surface area contributed by atoms with Crippen LogP contribution in [0, 0.1) is 11.3 Å². The second-order valence-corrected chi connectivity index (χ2v) is 7.44. The van der Waals surface area contributed by atoms with Crippen molar-refractivity contribution in [2.45, 2.75) is 31.3 Å². The molecule has 2 aliphatic heterocycles. The van der Waals surface area contributed by atoms with Crippen LogP contribution in [0.5, 0.6) is 0 Å². The lowest BCUT2D eigenvalue weighted by molar-refractivity contribution is -0.132. The lowest BCUT2D eigenvalue weighted by atomic mass is 10.1. The minimum absolute atomic E-state index is 0.0103. The molecular formula is C21H23N5O2. The molecule has 144 valence electrons. The van der Waals surface area contributed by atoms with Gasteiger partial charge >= 0.3 is 0 Å². The first kappa shape index (κ1) is 18.4. The molecule has 0 spiro atoms. The summed E-state index contributed by atoms with van der Waals surface area (Å²) in [6.45, 7) is 2.38. The Labute approximate surface area is 163 Å². The van der Waals surface area contributed by atoms with Gasteiger partial charge < -0.3 is 10.2 Å². The number of nitrogens with one attached hydrogen (secondary N) is 1. The molecule has 28 heavy (non-hydrogen) atoms. The van der Waals surface area contributed by atoms with Gasteiger partial charge in [-0.05, 0) is 31.4 Å². The second-order valence-electron chi connectivity index (χ2n) is 7.44. The molecular weight excluding hydrogens is 354 g/mol. The number of pyridine rings is 1. The predicted octanol–water partition coefficient (Wildman–Crippen LogP) is 1.55. The maximum absolute atomic E-state index is 12.8. The first-order valence-corrected chi connectivity index (χ1v) is 9.72. The van der Waals surface area contributed by atoms with Gasteiger partial charge in [-0.25, -0.2) is 0 Å². The zero-order valence-electron chi connectivity index (χ0n) is 15.7. The molecule has 4 rings (SSSR count). The molecule has 7 heteroatoms. The number of carbonyl (C=O) groups excluding carboxylic acids is 2. The average Bonchev–Trinajstić information content (AvgIpc) is 3.36. The standard InChI is InChI=1S/C21H23N5O2/c22-12-16-4-3-10-26(16)20(27)14-25-11-8-15(13-25)24-21(28)18-7-9-23-19-6-2-1-5-17(18)19/h1-2,5-7,9,15-16H,3-4,8,10-11,13-14H2,(H,24,28). The topological polar surface area (TPSA) is 89.3 Å². The Morgan fingerprint density at radius 2 is 2.07 bits per heavy atom. The van der Waals surface area contributed by atoms with E-state index in [-0.39, 0.29) is 23.9 Å². The number of rotatable bonds is 4. The lowest BCUT2D eigenvalue weighted by Gasteiger charge is -2.23. The molecule has 0 radical (unpaired) electrons. The van der Waals surface area contributed by atoms with Crippen LogP contribution in [0.25, 0.3) is 10.9 Å². The van der Waals surface area contributed by atoms with Crippen molar-refractivity contribution in [3.63, 3.8) is 0 Å². The number of likely N-dealkylation sites (tertiary alicyclic amines) is 2.